The highest BCUT2D eigenvalue weighted by molar-refractivity contribution is 7.82. The minimum Gasteiger partial charge on any atom is -0.462 e. The van der Waals surface area contributed by atoms with Crippen LogP contribution in [0.25, 0.3) is 0 Å². The molecule has 0 amide bonds. The largest absolute Gasteiger partial charge is 0.462 e. The first-order valence-corrected chi connectivity index (χ1v) is 6.56. The summed E-state index contributed by atoms with van der Waals surface area (Å²) in [4.78, 5) is 22.5. The third-order valence-corrected chi connectivity index (χ3v) is 3.05. The van der Waals surface area contributed by atoms with Crippen LogP contribution in [0.3, 0.4) is 0 Å². The monoisotopic (exact) mass is 298 g/mol. The summed E-state index contributed by atoms with van der Waals surface area (Å²) in [5.41, 5.74) is -0.591. The van der Waals surface area contributed by atoms with Crippen LogP contribution in [0.1, 0.15) is 40.0 Å². The minimum absolute atomic E-state index is 0.242. The van der Waals surface area contributed by atoms with Gasteiger partial charge >= 0.3 is 17.2 Å². The van der Waals surface area contributed by atoms with Crippen LogP contribution in [0.4, 0.5) is 8.78 Å². The molecule has 1 unspecified atom stereocenters. The van der Waals surface area contributed by atoms with Crippen LogP contribution in [-0.4, -0.2) is 30.4 Å². The number of hydrogen-bond acceptors (Lipinski definition) is 5. The first-order valence-electron chi connectivity index (χ1n) is 6.12. The second kappa shape index (κ2) is 7.67. The maximum Gasteiger partial charge on any atom is 0.388 e. The summed E-state index contributed by atoms with van der Waals surface area (Å²) in [6, 6.07) is 0. The Morgan fingerprint density at radius 2 is 1.58 bits per heavy atom. The Labute approximate surface area is 117 Å². The van der Waals surface area contributed by atoms with E-state index in [2.05, 4.69) is 17.4 Å². The highest BCUT2D eigenvalue weighted by Crippen LogP contribution is 2.28. The highest BCUT2D eigenvalue weighted by Gasteiger charge is 2.36. The summed E-state index contributed by atoms with van der Waals surface area (Å²) >= 11 is 2.77. The number of hydrogen-bond donors (Lipinski definition) is 1. The molecule has 19 heavy (non-hydrogen) atoms. The van der Waals surface area contributed by atoms with Gasteiger partial charge in [-0.3, -0.25) is 4.79 Å². The Hall–Kier alpha value is -0.850. The van der Waals surface area contributed by atoms with Crippen LogP contribution in [0.2, 0.25) is 0 Å². The van der Waals surface area contributed by atoms with Crippen molar-refractivity contribution in [2.24, 2.45) is 5.41 Å². The van der Waals surface area contributed by atoms with E-state index in [1.54, 1.807) is 6.92 Å². The second-order valence-electron chi connectivity index (χ2n) is 4.48. The summed E-state index contributed by atoms with van der Waals surface area (Å²) < 4.78 is 33.8. The first kappa shape index (κ1) is 18.1. The van der Waals surface area contributed by atoms with E-state index in [0.717, 1.165) is 6.42 Å². The van der Waals surface area contributed by atoms with Crippen LogP contribution >= 0.6 is 12.6 Å². The van der Waals surface area contributed by atoms with E-state index in [-0.39, 0.29) is 6.61 Å². The van der Waals surface area contributed by atoms with Gasteiger partial charge in [0.25, 0.3) is 0 Å². The molecule has 0 aromatic rings. The van der Waals surface area contributed by atoms with Crippen LogP contribution in [0.15, 0.2) is 0 Å². The molecule has 0 aromatic carbocycles. The van der Waals surface area contributed by atoms with E-state index < -0.39 is 29.2 Å². The average molecular weight is 298 g/mol. The Morgan fingerprint density at radius 3 is 1.95 bits per heavy atom. The Bertz CT molecular complexity index is 317. The number of alkyl halides is 2. The Balaban J connectivity index is 4.08. The van der Waals surface area contributed by atoms with E-state index >= 15 is 0 Å². The van der Waals surface area contributed by atoms with Crippen molar-refractivity contribution in [2.75, 3.05) is 13.2 Å². The second-order valence-corrected chi connectivity index (χ2v) is 5.04. The fraction of sp³-hybridized carbons (Fsp3) is 0.833. The van der Waals surface area contributed by atoms with Gasteiger partial charge in [0.15, 0.2) is 0 Å². The predicted molar refractivity (Wildman–Crippen MR) is 69.2 cm³/mol. The molecule has 0 rings (SSSR count). The van der Waals surface area contributed by atoms with Crippen LogP contribution in [0.5, 0.6) is 0 Å². The van der Waals surface area contributed by atoms with Crippen molar-refractivity contribution in [3.05, 3.63) is 0 Å². The fourth-order valence-electron chi connectivity index (χ4n) is 1.50. The number of ether oxygens (including phenoxy) is 2. The molecule has 1 atom stereocenters. The smallest absolute Gasteiger partial charge is 0.388 e. The Kier molecular flexibility index (Phi) is 7.33. The van der Waals surface area contributed by atoms with Crippen molar-refractivity contribution < 1.29 is 27.8 Å². The molecule has 0 aliphatic heterocycles. The lowest BCUT2D eigenvalue weighted by Crippen LogP contribution is -2.31. The quantitative estimate of drug-likeness (QED) is 0.425. The predicted octanol–water partition coefficient (Wildman–Crippen LogP) is 2.81. The van der Waals surface area contributed by atoms with E-state index in [1.807, 2.05) is 13.8 Å². The Morgan fingerprint density at radius 1 is 1.11 bits per heavy atom. The SMILES string of the molecule is CCCC(C)(CC)C(=O)OCCOC(=O)C(F)(F)S. The number of rotatable bonds is 8. The molecular weight excluding hydrogens is 278 g/mol. The summed E-state index contributed by atoms with van der Waals surface area (Å²) in [7, 11) is 0. The van der Waals surface area contributed by atoms with Gasteiger partial charge in [-0.1, -0.05) is 32.9 Å². The van der Waals surface area contributed by atoms with E-state index in [9.17, 15) is 18.4 Å². The summed E-state index contributed by atoms with van der Waals surface area (Å²) in [6.07, 6.45) is 2.13. The zero-order valence-electron chi connectivity index (χ0n) is 11.4. The molecule has 0 aromatic heterocycles. The van der Waals surface area contributed by atoms with Crippen LogP contribution in [-0.2, 0) is 19.1 Å². The van der Waals surface area contributed by atoms with Gasteiger partial charge in [0, 0.05) is 0 Å². The molecule has 4 nitrogen and oxygen atoms in total. The normalized spacial score (nSPS) is 14.6. The molecule has 0 bridgehead atoms. The molecule has 0 radical (unpaired) electrons. The summed E-state index contributed by atoms with van der Waals surface area (Å²) in [6.45, 7) is 4.96. The molecular formula is C12H20F2O4S. The van der Waals surface area contributed by atoms with E-state index in [0.29, 0.717) is 12.8 Å². The molecule has 0 saturated carbocycles. The first-order chi connectivity index (χ1) is 8.67. The molecule has 0 N–H and O–H groups in total. The standard InChI is InChI=1S/C12H20F2O4S/c1-4-6-11(3,5-2)9(15)17-7-8-18-10(16)12(13,14)19/h19H,4-8H2,1-3H3. The molecule has 0 spiro atoms. The lowest BCUT2D eigenvalue weighted by atomic mass is 9.83. The summed E-state index contributed by atoms with van der Waals surface area (Å²) in [5, 5.41) is -3.83. The third-order valence-electron chi connectivity index (χ3n) is 2.87. The summed E-state index contributed by atoms with van der Waals surface area (Å²) in [5.74, 6) is -2.16. The van der Waals surface area contributed by atoms with Crippen molar-refractivity contribution in [2.45, 2.75) is 45.3 Å². The molecule has 112 valence electrons. The number of thiol groups is 1. The van der Waals surface area contributed by atoms with E-state index in [4.69, 9.17) is 4.74 Å². The zero-order chi connectivity index (χ0) is 15.1. The van der Waals surface area contributed by atoms with Crippen molar-refractivity contribution >= 4 is 24.6 Å². The van der Waals surface area contributed by atoms with Gasteiger partial charge in [0.1, 0.15) is 13.2 Å². The molecule has 0 saturated heterocycles. The molecule has 0 heterocycles. The van der Waals surface area contributed by atoms with Gasteiger partial charge in [0.05, 0.1) is 5.41 Å². The van der Waals surface area contributed by atoms with Gasteiger partial charge in [-0.2, -0.15) is 8.78 Å². The van der Waals surface area contributed by atoms with Crippen LogP contribution < -0.4 is 0 Å². The fourth-order valence-corrected chi connectivity index (χ4v) is 1.57. The van der Waals surface area contributed by atoms with Gasteiger partial charge in [-0.25, -0.2) is 4.79 Å². The van der Waals surface area contributed by atoms with Crippen molar-refractivity contribution in [1.29, 1.82) is 0 Å². The van der Waals surface area contributed by atoms with Crippen molar-refractivity contribution in [3.63, 3.8) is 0 Å². The van der Waals surface area contributed by atoms with Gasteiger partial charge in [-0.15, -0.1) is 0 Å². The van der Waals surface area contributed by atoms with Crippen molar-refractivity contribution in [1.82, 2.24) is 0 Å². The van der Waals surface area contributed by atoms with Gasteiger partial charge in [0.2, 0.25) is 0 Å². The number of carbonyl (C=O) groups excluding carboxylic acids is 2. The molecule has 7 heteroatoms. The number of halogens is 2. The lowest BCUT2D eigenvalue weighted by Gasteiger charge is -2.25. The lowest BCUT2D eigenvalue weighted by molar-refractivity contribution is -0.166. The molecule has 0 aliphatic carbocycles. The van der Waals surface area contributed by atoms with E-state index in [1.165, 1.54) is 0 Å². The maximum atomic E-state index is 12.3. The zero-order valence-corrected chi connectivity index (χ0v) is 12.3. The topological polar surface area (TPSA) is 52.6 Å². The number of esters is 2. The molecule has 0 aliphatic rings. The van der Waals surface area contributed by atoms with Gasteiger partial charge in [-0.05, 0) is 19.8 Å². The van der Waals surface area contributed by atoms with Crippen molar-refractivity contribution in [3.8, 4) is 0 Å². The van der Waals surface area contributed by atoms with Crippen LogP contribution in [0, 0.1) is 5.41 Å². The number of carbonyl (C=O) groups is 2. The average Bonchev–Trinajstić information content (AvgIpc) is 2.32. The highest BCUT2D eigenvalue weighted by atomic mass is 32.1. The van der Waals surface area contributed by atoms with Gasteiger partial charge < -0.3 is 9.47 Å². The molecule has 0 fully saturated rings. The maximum absolute atomic E-state index is 12.3. The third kappa shape index (κ3) is 6.22. The minimum atomic E-state index is -3.83.